The Morgan fingerprint density at radius 2 is 1.88 bits per heavy atom. The van der Waals surface area contributed by atoms with E-state index in [1.807, 2.05) is 0 Å². The zero-order valence-electron chi connectivity index (χ0n) is 13.1. The van der Waals surface area contributed by atoms with Gasteiger partial charge < -0.3 is 14.6 Å². The van der Waals surface area contributed by atoms with E-state index in [1.54, 1.807) is 24.3 Å². The third kappa shape index (κ3) is 4.67. The topological polar surface area (TPSA) is 110 Å². The summed E-state index contributed by atoms with van der Waals surface area (Å²) in [5, 5.41) is 2.50. The molecule has 1 amide bonds. The number of aromatic nitrogens is 2. The second kappa shape index (κ2) is 7.91. The summed E-state index contributed by atoms with van der Waals surface area (Å²) in [4.78, 5) is 48.2. The molecule has 2 rings (SSSR count). The maximum Gasteiger partial charge on any atom is 0.328 e. The lowest BCUT2D eigenvalue weighted by atomic mass is 10.1. The molecule has 0 fully saturated rings. The number of rotatable bonds is 7. The number of carbonyl (C=O) groups excluding carboxylic acids is 2. The van der Waals surface area contributed by atoms with Crippen molar-refractivity contribution in [3.05, 3.63) is 62.9 Å². The lowest BCUT2D eigenvalue weighted by Crippen LogP contribution is -2.33. The van der Waals surface area contributed by atoms with E-state index in [4.69, 9.17) is 4.74 Å². The highest BCUT2D eigenvalue weighted by Crippen LogP contribution is 2.11. The van der Waals surface area contributed by atoms with Gasteiger partial charge in [0.1, 0.15) is 5.75 Å². The van der Waals surface area contributed by atoms with Crippen LogP contribution in [0.25, 0.3) is 0 Å². The first-order chi connectivity index (χ1) is 11.5. The highest BCUT2D eigenvalue weighted by molar-refractivity contribution is 5.99. The molecule has 2 N–H and O–H groups in total. The van der Waals surface area contributed by atoms with Gasteiger partial charge in [0.15, 0.2) is 5.78 Å². The number of nitrogens with zero attached hydrogens (tertiary/aromatic N) is 1. The van der Waals surface area contributed by atoms with Crippen molar-refractivity contribution in [2.24, 2.45) is 0 Å². The average molecular weight is 331 g/mol. The molecule has 0 aliphatic carbocycles. The molecule has 0 unspecified atom stereocenters. The van der Waals surface area contributed by atoms with E-state index in [1.165, 1.54) is 23.9 Å². The zero-order valence-corrected chi connectivity index (χ0v) is 13.1. The van der Waals surface area contributed by atoms with Gasteiger partial charge in [-0.25, -0.2) is 4.79 Å². The Bertz CT molecular complexity index is 836. The number of benzene rings is 1. The van der Waals surface area contributed by atoms with Crippen molar-refractivity contribution in [1.29, 1.82) is 0 Å². The maximum absolute atomic E-state index is 12.0. The van der Waals surface area contributed by atoms with Crippen LogP contribution >= 0.6 is 0 Å². The van der Waals surface area contributed by atoms with E-state index in [-0.39, 0.29) is 31.2 Å². The predicted octanol–water partition coefficient (Wildman–Crippen LogP) is -0.0656. The molecule has 0 saturated carbocycles. The summed E-state index contributed by atoms with van der Waals surface area (Å²) in [5.74, 6) is 0.0455. The average Bonchev–Trinajstić information content (AvgIpc) is 2.59. The van der Waals surface area contributed by atoms with Gasteiger partial charge in [0.2, 0.25) is 5.91 Å². The number of H-pyrrole nitrogens is 1. The maximum atomic E-state index is 12.0. The van der Waals surface area contributed by atoms with Crippen molar-refractivity contribution in [1.82, 2.24) is 14.9 Å². The van der Waals surface area contributed by atoms with Crippen LogP contribution in [-0.4, -0.2) is 34.9 Å². The van der Waals surface area contributed by atoms with E-state index < -0.39 is 11.2 Å². The van der Waals surface area contributed by atoms with E-state index in [2.05, 4.69) is 10.3 Å². The number of amides is 1. The summed E-state index contributed by atoms with van der Waals surface area (Å²) in [6, 6.07) is 7.77. The first-order valence-electron chi connectivity index (χ1n) is 7.23. The van der Waals surface area contributed by atoms with Crippen LogP contribution in [0.1, 0.15) is 16.8 Å². The number of carbonyl (C=O) groups is 2. The third-order valence-electron chi connectivity index (χ3n) is 3.33. The molecule has 1 aromatic carbocycles. The largest absolute Gasteiger partial charge is 0.497 e. The number of ketones is 1. The van der Waals surface area contributed by atoms with E-state index in [0.29, 0.717) is 11.3 Å². The molecule has 0 spiro atoms. The number of Topliss-reactive ketones (excluding diaryl/α,β-unsaturated/α-hetero) is 1. The Morgan fingerprint density at radius 3 is 2.50 bits per heavy atom. The van der Waals surface area contributed by atoms with Gasteiger partial charge >= 0.3 is 5.69 Å². The molecule has 0 saturated heterocycles. The van der Waals surface area contributed by atoms with E-state index in [0.717, 1.165) is 0 Å². The van der Waals surface area contributed by atoms with Gasteiger partial charge in [0.25, 0.3) is 5.56 Å². The standard InChI is InChI=1S/C16H17N3O5/c1-24-12-4-2-11(3-5-12)13(20)10-17-14(21)6-8-19-9-7-15(22)18-16(19)23/h2-5,7,9H,6,8,10H2,1H3,(H,17,21)(H,18,22,23). The second-order valence-electron chi connectivity index (χ2n) is 4.98. The molecule has 0 radical (unpaired) electrons. The van der Waals surface area contributed by atoms with Crippen molar-refractivity contribution in [3.8, 4) is 5.75 Å². The molecular weight excluding hydrogens is 314 g/mol. The number of ether oxygens (including phenoxy) is 1. The first-order valence-corrected chi connectivity index (χ1v) is 7.23. The zero-order chi connectivity index (χ0) is 17.5. The van der Waals surface area contributed by atoms with Crippen molar-refractivity contribution in [2.75, 3.05) is 13.7 Å². The van der Waals surface area contributed by atoms with Crippen LogP contribution in [0.4, 0.5) is 0 Å². The minimum atomic E-state index is -0.579. The fraction of sp³-hybridized carbons (Fsp3) is 0.250. The molecule has 1 aromatic heterocycles. The summed E-state index contributed by atoms with van der Waals surface area (Å²) in [6.07, 6.45) is 1.33. The second-order valence-corrected chi connectivity index (χ2v) is 4.98. The van der Waals surface area contributed by atoms with Gasteiger partial charge in [0, 0.05) is 30.8 Å². The SMILES string of the molecule is COc1ccc(C(=O)CNC(=O)CCn2ccc(=O)[nH]c2=O)cc1. The number of hydrogen-bond acceptors (Lipinski definition) is 5. The normalized spacial score (nSPS) is 10.2. The molecule has 0 bridgehead atoms. The summed E-state index contributed by atoms with van der Waals surface area (Å²) < 4.78 is 6.22. The lowest BCUT2D eigenvalue weighted by Gasteiger charge is -2.07. The molecule has 0 aliphatic heterocycles. The molecule has 8 nitrogen and oxygen atoms in total. The van der Waals surface area contributed by atoms with Gasteiger partial charge in [-0.05, 0) is 24.3 Å². The van der Waals surface area contributed by atoms with Crippen molar-refractivity contribution in [2.45, 2.75) is 13.0 Å². The Hall–Kier alpha value is -3.16. The monoisotopic (exact) mass is 331 g/mol. The molecular formula is C16H17N3O5. The fourth-order valence-electron chi connectivity index (χ4n) is 1.99. The highest BCUT2D eigenvalue weighted by Gasteiger charge is 2.09. The van der Waals surface area contributed by atoms with Crippen molar-refractivity contribution in [3.63, 3.8) is 0 Å². The summed E-state index contributed by atoms with van der Waals surface area (Å²) >= 11 is 0. The van der Waals surface area contributed by atoms with Crippen LogP contribution in [0.3, 0.4) is 0 Å². The summed E-state index contributed by atoms with van der Waals surface area (Å²) in [5.41, 5.74) is -0.608. The summed E-state index contributed by atoms with van der Waals surface area (Å²) in [6.45, 7) is -0.0240. The van der Waals surface area contributed by atoms with Crippen LogP contribution in [-0.2, 0) is 11.3 Å². The molecule has 24 heavy (non-hydrogen) atoms. The summed E-state index contributed by atoms with van der Waals surface area (Å²) in [7, 11) is 1.53. The molecule has 0 aliphatic rings. The Balaban J connectivity index is 1.82. The predicted molar refractivity (Wildman–Crippen MR) is 86.3 cm³/mol. The fourth-order valence-corrected chi connectivity index (χ4v) is 1.99. The van der Waals surface area contributed by atoms with Gasteiger partial charge in [0.05, 0.1) is 13.7 Å². The van der Waals surface area contributed by atoms with Crippen LogP contribution in [0, 0.1) is 0 Å². The molecule has 126 valence electrons. The smallest absolute Gasteiger partial charge is 0.328 e. The third-order valence-corrected chi connectivity index (χ3v) is 3.33. The molecule has 2 aromatic rings. The number of nitrogens with one attached hydrogen (secondary N) is 2. The molecule has 8 heteroatoms. The van der Waals surface area contributed by atoms with Crippen molar-refractivity contribution < 1.29 is 14.3 Å². The minimum absolute atomic E-state index is 0.0157. The van der Waals surface area contributed by atoms with Gasteiger partial charge in [-0.1, -0.05) is 0 Å². The van der Waals surface area contributed by atoms with Crippen molar-refractivity contribution >= 4 is 11.7 Å². The quantitative estimate of drug-likeness (QED) is 0.690. The number of hydrogen-bond donors (Lipinski definition) is 2. The van der Waals surface area contributed by atoms with E-state index in [9.17, 15) is 19.2 Å². The number of aryl methyl sites for hydroxylation is 1. The Kier molecular flexibility index (Phi) is 5.67. The molecule has 1 heterocycles. The van der Waals surface area contributed by atoms with E-state index >= 15 is 0 Å². The lowest BCUT2D eigenvalue weighted by molar-refractivity contribution is -0.121. The number of aromatic amines is 1. The minimum Gasteiger partial charge on any atom is -0.497 e. The van der Waals surface area contributed by atoms with Crippen LogP contribution in [0.5, 0.6) is 5.75 Å². The highest BCUT2D eigenvalue weighted by atomic mass is 16.5. The van der Waals surface area contributed by atoms with Crippen LogP contribution in [0.15, 0.2) is 46.1 Å². The van der Waals surface area contributed by atoms with Gasteiger partial charge in [-0.3, -0.25) is 19.4 Å². The molecule has 0 atom stereocenters. The number of methoxy groups -OCH3 is 1. The Labute approximate surface area is 137 Å². The Morgan fingerprint density at radius 1 is 1.17 bits per heavy atom. The van der Waals surface area contributed by atoms with Gasteiger partial charge in [-0.15, -0.1) is 0 Å². The van der Waals surface area contributed by atoms with Crippen LogP contribution < -0.4 is 21.3 Å². The van der Waals surface area contributed by atoms with Gasteiger partial charge in [-0.2, -0.15) is 0 Å². The first kappa shape index (κ1) is 17.2. The van der Waals surface area contributed by atoms with Crippen LogP contribution in [0.2, 0.25) is 0 Å².